The molecule has 0 bridgehead atoms. The van der Waals surface area contributed by atoms with Gasteiger partial charge < -0.3 is 20.4 Å². The summed E-state index contributed by atoms with van der Waals surface area (Å²) < 4.78 is 0. The quantitative estimate of drug-likeness (QED) is 0.324. The first-order valence-corrected chi connectivity index (χ1v) is 15.7. The molecule has 2 aliphatic rings. The molecule has 2 heterocycles. The van der Waals surface area contributed by atoms with E-state index in [0.717, 1.165) is 62.6 Å². The Bertz CT molecular complexity index is 1270. The van der Waals surface area contributed by atoms with Crippen molar-refractivity contribution >= 4 is 22.6 Å². The average Bonchev–Trinajstić information content (AvgIpc) is 3.17. The Hall–Kier alpha value is -3.22. The summed E-state index contributed by atoms with van der Waals surface area (Å²) in [5.74, 6) is 0.474. The maximum absolute atomic E-state index is 14.0. The third kappa shape index (κ3) is 7.96. The number of nitrogens with one attached hydrogen (secondary N) is 2. The van der Waals surface area contributed by atoms with Crippen LogP contribution >= 0.6 is 0 Å². The molecule has 0 unspecified atom stereocenters. The Morgan fingerprint density at radius 2 is 1.71 bits per heavy atom. The Labute approximate surface area is 245 Å². The van der Waals surface area contributed by atoms with E-state index in [9.17, 15) is 9.59 Å². The lowest BCUT2D eigenvalue weighted by Gasteiger charge is -2.31. The smallest absolute Gasteiger partial charge is 0.251 e. The van der Waals surface area contributed by atoms with Crippen LogP contribution in [0.1, 0.15) is 73.7 Å². The molecule has 2 amide bonds. The van der Waals surface area contributed by atoms with Crippen molar-refractivity contribution in [3.63, 3.8) is 0 Å². The number of rotatable bonds is 11. The fourth-order valence-corrected chi connectivity index (χ4v) is 6.48. The zero-order valence-electron chi connectivity index (χ0n) is 24.6. The van der Waals surface area contributed by atoms with Gasteiger partial charge in [-0.1, -0.05) is 80.4 Å². The highest BCUT2D eigenvalue weighted by molar-refractivity contribution is 5.98. The number of hydrogen-bond acceptors (Lipinski definition) is 4. The standard InChI is InChI=1S/C35H46N4O2/c1-2-11-31(27-12-5-3-6-13-27)26-39-23-18-32(37-33(35(39)41)19-22-38-20-9-4-10-21-38)25-36-34(40)30-17-16-28-14-7-8-15-29(28)24-30/h3,5-8,12-17,24,31-33,37H,2,4,9-11,18-23,25-26H2,1H3,(H,36,40)/t31-,32+,33+/m1/s1. The Balaban J connectivity index is 1.26. The van der Waals surface area contributed by atoms with E-state index in [1.165, 1.54) is 24.8 Å². The molecule has 6 nitrogen and oxygen atoms in total. The van der Waals surface area contributed by atoms with Crippen LogP contribution in [-0.4, -0.2) is 73.0 Å². The summed E-state index contributed by atoms with van der Waals surface area (Å²) in [6.45, 7) is 7.36. The molecule has 0 aromatic heterocycles. The van der Waals surface area contributed by atoms with Crippen LogP contribution < -0.4 is 10.6 Å². The topological polar surface area (TPSA) is 64.7 Å². The Kier molecular flexibility index (Phi) is 10.4. The van der Waals surface area contributed by atoms with Gasteiger partial charge in [-0.2, -0.15) is 0 Å². The molecule has 3 aromatic rings. The summed E-state index contributed by atoms with van der Waals surface area (Å²) >= 11 is 0. The highest BCUT2D eigenvalue weighted by Gasteiger charge is 2.32. The van der Waals surface area contributed by atoms with Crippen molar-refractivity contribution in [2.75, 3.05) is 39.3 Å². The molecule has 2 fully saturated rings. The number of amides is 2. The summed E-state index contributed by atoms with van der Waals surface area (Å²) in [5, 5.41) is 9.03. The lowest BCUT2D eigenvalue weighted by molar-refractivity contribution is -0.133. The number of piperidine rings is 1. The molecular weight excluding hydrogens is 508 g/mol. The molecule has 3 atom stereocenters. The number of nitrogens with zero attached hydrogens (tertiary/aromatic N) is 2. The fraction of sp³-hybridized carbons (Fsp3) is 0.486. The molecule has 218 valence electrons. The minimum absolute atomic E-state index is 0.0427. The van der Waals surface area contributed by atoms with Gasteiger partial charge in [-0.05, 0) is 73.7 Å². The van der Waals surface area contributed by atoms with Crippen LogP contribution in [0.4, 0.5) is 0 Å². The van der Waals surface area contributed by atoms with Crippen LogP contribution in [0.3, 0.4) is 0 Å². The second-order valence-corrected chi connectivity index (χ2v) is 11.8. The molecule has 0 spiro atoms. The van der Waals surface area contributed by atoms with E-state index >= 15 is 0 Å². The molecule has 0 aliphatic carbocycles. The first-order chi connectivity index (χ1) is 20.1. The van der Waals surface area contributed by atoms with E-state index in [1.807, 2.05) is 36.4 Å². The van der Waals surface area contributed by atoms with Crippen molar-refractivity contribution in [3.8, 4) is 0 Å². The van der Waals surface area contributed by atoms with Crippen LogP contribution in [0, 0.1) is 0 Å². The Morgan fingerprint density at radius 1 is 0.951 bits per heavy atom. The number of benzene rings is 3. The van der Waals surface area contributed by atoms with Crippen LogP contribution in [0.15, 0.2) is 72.8 Å². The maximum Gasteiger partial charge on any atom is 0.251 e. The first-order valence-electron chi connectivity index (χ1n) is 15.7. The van der Waals surface area contributed by atoms with E-state index in [1.54, 1.807) is 0 Å². The monoisotopic (exact) mass is 554 g/mol. The highest BCUT2D eigenvalue weighted by Crippen LogP contribution is 2.24. The lowest BCUT2D eigenvalue weighted by atomic mass is 9.93. The third-order valence-corrected chi connectivity index (χ3v) is 8.85. The lowest BCUT2D eigenvalue weighted by Crippen LogP contribution is -2.50. The summed E-state index contributed by atoms with van der Waals surface area (Å²) in [5.41, 5.74) is 1.98. The minimum Gasteiger partial charge on any atom is -0.350 e. The fourth-order valence-electron chi connectivity index (χ4n) is 6.48. The Morgan fingerprint density at radius 3 is 2.49 bits per heavy atom. The summed E-state index contributed by atoms with van der Waals surface area (Å²) in [7, 11) is 0. The molecule has 3 aromatic carbocycles. The molecule has 2 aliphatic heterocycles. The van der Waals surface area contributed by atoms with Crippen molar-refractivity contribution in [2.24, 2.45) is 0 Å². The van der Waals surface area contributed by atoms with E-state index in [2.05, 4.69) is 63.8 Å². The van der Waals surface area contributed by atoms with Gasteiger partial charge in [0.25, 0.3) is 5.91 Å². The normalized spacial score (nSPS) is 21.0. The average molecular weight is 555 g/mol. The van der Waals surface area contributed by atoms with Gasteiger partial charge in [0, 0.05) is 43.7 Å². The van der Waals surface area contributed by atoms with Crippen LogP contribution in [-0.2, 0) is 4.79 Å². The van der Waals surface area contributed by atoms with Gasteiger partial charge in [0.15, 0.2) is 0 Å². The van der Waals surface area contributed by atoms with Crippen molar-refractivity contribution in [3.05, 3.63) is 83.9 Å². The van der Waals surface area contributed by atoms with E-state index in [0.29, 0.717) is 24.6 Å². The molecule has 0 radical (unpaired) electrons. The van der Waals surface area contributed by atoms with Gasteiger partial charge in [0.2, 0.25) is 5.91 Å². The number of fused-ring (bicyclic) bond motifs is 1. The second-order valence-electron chi connectivity index (χ2n) is 11.8. The van der Waals surface area contributed by atoms with Crippen molar-refractivity contribution in [1.82, 2.24) is 20.4 Å². The third-order valence-electron chi connectivity index (χ3n) is 8.85. The predicted molar refractivity (Wildman–Crippen MR) is 167 cm³/mol. The molecule has 0 saturated carbocycles. The van der Waals surface area contributed by atoms with Gasteiger partial charge in [-0.3, -0.25) is 9.59 Å². The molecule has 6 heteroatoms. The summed E-state index contributed by atoms with van der Waals surface area (Å²) in [6, 6.07) is 24.4. The second kappa shape index (κ2) is 14.6. The molecule has 2 N–H and O–H groups in total. The van der Waals surface area contributed by atoms with Gasteiger partial charge in [0.05, 0.1) is 6.04 Å². The SMILES string of the molecule is CCC[C@H](CN1CC[C@@H](CNC(=O)c2ccc3ccccc3c2)N[C@@H](CCN2CCCCC2)C1=O)c1ccccc1. The number of hydrogen-bond donors (Lipinski definition) is 2. The van der Waals surface area contributed by atoms with Crippen molar-refractivity contribution in [2.45, 2.75) is 69.9 Å². The van der Waals surface area contributed by atoms with E-state index in [4.69, 9.17) is 0 Å². The van der Waals surface area contributed by atoms with E-state index < -0.39 is 0 Å². The highest BCUT2D eigenvalue weighted by atomic mass is 16.2. The number of carbonyl (C=O) groups is 2. The largest absolute Gasteiger partial charge is 0.350 e. The van der Waals surface area contributed by atoms with Gasteiger partial charge in [-0.25, -0.2) is 0 Å². The maximum atomic E-state index is 14.0. The molecule has 2 saturated heterocycles. The van der Waals surface area contributed by atoms with E-state index in [-0.39, 0.29) is 23.9 Å². The first kappa shape index (κ1) is 29.3. The zero-order chi connectivity index (χ0) is 28.4. The van der Waals surface area contributed by atoms with Crippen LogP contribution in [0.25, 0.3) is 10.8 Å². The van der Waals surface area contributed by atoms with Crippen molar-refractivity contribution in [1.29, 1.82) is 0 Å². The van der Waals surface area contributed by atoms with Crippen LogP contribution in [0.5, 0.6) is 0 Å². The van der Waals surface area contributed by atoms with Gasteiger partial charge >= 0.3 is 0 Å². The summed E-state index contributed by atoms with van der Waals surface area (Å²) in [4.78, 5) is 31.7. The van der Waals surface area contributed by atoms with Gasteiger partial charge in [-0.15, -0.1) is 0 Å². The summed E-state index contributed by atoms with van der Waals surface area (Å²) in [6.07, 6.45) is 7.56. The molecular formula is C35H46N4O2. The molecule has 41 heavy (non-hydrogen) atoms. The minimum atomic E-state index is -0.236. The molecule has 5 rings (SSSR count). The zero-order valence-corrected chi connectivity index (χ0v) is 24.6. The van der Waals surface area contributed by atoms with Crippen LogP contribution in [0.2, 0.25) is 0 Å². The predicted octanol–water partition coefficient (Wildman–Crippen LogP) is 5.59. The van der Waals surface area contributed by atoms with Gasteiger partial charge in [0.1, 0.15) is 0 Å². The number of carbonyl (C=O) groups excluding carboxylic acids is 2. The number of likely N-dealkylation sites (tertiary alicyclic amines) is 1. The van der Waals surface area contributed by atoms with Crippen molar-refractivity contribution < 1.29 is 9.59 Å².